The van der Waals surface area contributed by atoms with Gasteiger partial charge in [0.25, 0.3) is 0 Å². The van der Waals surface area contributed by atoms with E-state index in [1.54, 1.807) is 0 Å². The van der Waals surface area contributed by atoms with E-state index in [1.807, 2.05) is 0 Å². The van der Waals surface area contributed by atoms with Crippen molar-refractivity contribution in [3.05, 3.63) is 0 Å². The van der Waals surface area contributed by atoms with Crippen LogP contribution in [0.25, 0.3) is 0 Å². The molecule has 8 heteroatoms. The highest BCUT2D eigenvalue weighted by Crippen LogP contribution is 2.47. The van der Waals surface area contributed by atoms with E-state index in [4.69, 9.17) is 14.2 Å². The summed E-state index contributed by atoms with van der Waals surface area (Å²) in [6.07, 6.45) is -8.17. The second-order valence-corrected chi connectivity index (χ2v) is 5.01. The minimum absolute atomic E-state index is 0.473. The monoisotopic (exact) mass is 284 g/mol. The zero-order valence-electron chi connectivity index (χ0n) is 10.7. The molecule has 0 aromatic rings. The van der Waals surface area contributed by atoms with E-state index < -0.39 is 49.0 Å². The Morgan fingerprint density at radius 3 is 2.47 bits per heavy atom. The first kappa shape index (κ1) is 14.5. The molecule has 0 aliphatic carbocycles. The molecule has 0 aromatic heterocycles. The number of hydrogen-bond donors (Lipinski definition) is 0. The average molecular weight is 284 g/mol. The number of alkyl halides is 3. The van der Waals surface area contributed by atoms with Crippen LogP contribution in [0, 0.1) is 5.92 Å². The highest BCUT2D eigenvalue weighted by molar-refractivity contribution is 5.65. The van der Waals surface area contributed by atoms with Crippen molar-refractivity contribution in [2.45, 2.75) is 51.2 Å². The van der Waals surface area contributed by atoms with Crippen LogP contribution in [0.15, 0.2) is 0 Å². The van der Waals surface area contributed by atoms with Crippen LogP contribution in [-0.4, -0.2) is 43.0 Å². The van der Waals surface area contributed by atoms with Crippen LogP contribution in [0.2, 0.25) is 0 Å². The van der Waals surface area contributed by atoms with E-state index in [-0.39, 0.29) is 0 Å². The molecular weight excluding hydrogens is 269 g/mol. The SMILES string of the molecule is CC(=O)OC[C@H]1O[C@@H]2OC(C)(C)O[C@@H]2[C@@H]1C(F)(F)F. The second-order valence-electron chi connectivity index (χ2n) is 5.01. The third kappa shape index (κ3) is 3.01. The van der Waals surface area contributed by atoms with Gasteiger partial charge in [0.2, 0.25) is 0 Å². The van der Waals surface area contributed by atoms with E-state index >= 15 is 0 Å². The predicted molar refractivity (Wildman–Crippen MR) is 54.9 cm³/mol. The first-order valence-electron chi connectivity index (χ1n) is 5.81. The number of esters is 1. The lowest BCUT2D eigenvalue weighted by molar-refractivity contribution is -0.251. The van der Waals surface area contributed by atoms with E-state index in [9.17, 15) is 18.0 Å². The third-order valence-corrected chi connectivity index (χ3v) is 2.98. The van der Waals surface area contributed by atoms with Gasteiger partial charge in [0.1, 0.15) is 24.7 Å². The highest BCUT2D eigenvalue weighted by atomic mass is 19.4. The Labute approximate surface area is 107 Å². The maximum Gasteiger partial charge on any atom is 0.397 e. The van der Waals surface area contributed by atoms with Crippen LogP contribution in [0.3, 0.4) is 0 Å². The molecule has 110 valence electrons. The molecule has 0 saturated carbocycles. The van der Waals surface area contributed by atoms with Gasteiger partial charge in [-0.15, -0.1) is 0 Å². The number of ether oxygens (including phenoxy) is 4. The predicted octanol–water partition coefficient (Wildman–Crippen LogP) is 1.60. The van der Waals surface area contributed by atoms with Gasteiger partial charge in [-0.05, 0) is 13.8 Å². The lowest BCUT2D eigenvalue weighted by Gasteiger charge is -2.26. The van der Waals surface area contributed by atoms with Crippen molar-refractivity contribution in [2.75, 3.05) is 6.61 Å². The van der Waals surface area contributed by atoms with Crippen LogP contribution in [0.4, 0.5) is 13.2 Å². The highest BCUT2D eigenvalue weighted by Gasteiger charge is 2.63. The fourth-order valence-corrected chi connectivity index (χ4v) is 2.31. The molecule has 19 heavy (non-hydrogen) atoms. The molecular formula is C11H15F3O5. The molecule has 2 aliphatic heterocycles. The summed E-state index contributed by atoms with van der Waals surface area (Å²) >= 11 is 0. The summed E-state index contributed by atoms with van der Waals surface area (Å²) in [4.78, 5) is 10.7. The van der Waals surface area contributed by atoms with Crippen LogP contribution in [0.1, 0.15) is 20.8 Å². The standard InChI is InChI=1S/C11H15F3O5/c1-5(15)16-4-6-7(11(12,13)14)8-9(17-6)19-10(2,3)18-8/h6-9H,4H2,1-3H3/t6-,7-,8-,9-/m1/s1. The molecule has 2 fully saturated rings. The van der Waals surface area contributed by atoms with Gasteiger partial charge < -0.3 is 18.9 Å². The van der Waals surface area contributed by atoms with Gasteiger partial charge in [-0.2, -0.15) is 13.2 Å². The number of fused-ring (bicyclic) bond motifs is 1. The molecule has 2 aliphatic rings. The van der Waals surface area contributed by atoms with Gasteiger partial charge in [0.15, 0.2) is 12.1 Å². The zero-order valence-corrected chi connectivity index (χ0v) is 10.7. The molecule has 2 heterocycles. The van der Waals surface area contributed by atoms with Crippen molar-refractivity contribution in [3.63, 3.8) is 0 Å². The first-order chi connectivity index (χ1) is 8.60. The molecule has 4 atom stereocenters. The Morgan fingerprint density at radius 1 is 1.32 bits per heavy atom. The lowest BCUT2D eigenvalue weighted by Crippen LogP contribution is -2.42. The Bertz CT molecular complexity index is 368. The summed E-state index contributed by atoms with van der Waals surface area (Å²) in [5, 5.41) is 0. The maximum atomic E-state index is 13.1. The van der Waals surface area contributed by atoms with Gasteiger partial charge >= 0.3 is 12.1 Å². The topological polar surface area (TPSA) is 54.0 Å². The van der Waals surface area contributed by atoms with Crippen LogP contribution < -0.4 is 0 Å². The average Bonchev–Trinajstić information content (AvgIpc) is 2.63. The molecule has 5 nitrogen and oxygen atoms in total. The molecule has 0 spiro atoms. The molecule has 2 saturated heterocycles. The zero-order chi connectivity index (χ0) is 14.4. The van der Waals surface area contributed by atoms with Gasteiger partial charge in [0, 0.05) is 6.92 Å². The van der Waals surface area contributed by atoms with E-state index in [2.05, 4.69) is 4.74 Å². The molecule has 0 unspecified atom stereocenters. The maximum absolute atomic E-state index is 13.1. The first-order valence-corrected chi connectivity index (χ1v) is 5.81. The summed E-state index contributed by atoms with van der Waals surface area (Å²) in [6, 6.07) is 0. The summed E-state index contributed by atoms with van der Waals surface area (Å²) in [5.74, 6) is -3.66. The number of carbonyl (C=O) groups is 1. The third-order valence-electron chi connectivity index (χ3n) is 2.98. The normalized spacial score (nSPS) is 37.2. The number of rotatable bonds is 2. The summed E-state index contributed by atoms with van der Waals surface area (Å²) < 4.78 is 59.5. The fraction of sp³-hybridized carbons (Fsp3) is 0.909. The summed E-state index contributed by atoms with van der Waals surface area (Å²) in [5.41, 5.74) is 0. The smallest absolute Gasteiger partial charge is 0.397 e. The molecule has 2 rings (SSSR count). The van der Waals surface area contributed by atoms with Crippen LogP contribution in [0.5, 0.6) is 0 Å². The molecule has 0 aromatic carbocycles. The molecule has 0 bridgehead atoms. The lowest BCUT2D eigenvalue weighted by atomic mass is 9.98. The summed E-state index contributed by atoms with van der Waals surface area (Å²) in [7, 11) is 0. The minimum atomic E-state index is -4.52. The van der Waals surface area contributed by atoms with Gasteiger partial charge in [0.05, 0.1) is 0 Å². The van der Waals surface area contributed by atoms with Crippen molar-refractivity contribution in [3.8, 4) is 0 Å². The number of halogens is 3. The van der Waals surface area contributed by atoms with E-state index in [1.165, 1.54) is 13.8 Å². The number of hydrogen-bond acceptors (Lipinski definition) is 5. The van der Waals surface area contributed by atoms with Crippen LogP contribution >= 0.6 is 0 Å². The van der Waals surface area contributed by atoms with Crippen molar-refractivity contribution in [1.29, 1.82) is 0 Å². The molecule has 0 radical (unpaired) electrons. The van der Waals surface area contributed by atoms with Gasteiger partial charge in [-0.25, -0.2) is 0 Å². The Kier molecular flexibility index (Phi) is 3.53. The van der Waals surface area contributed by atoms with Gasteiger partial charge in [-0.3, -0.25) is 4.79 Å². The van der Waals surface area contributed by atoms with Crippen molar-refractivity contribution in [1.82, 2.24) is 0 Å². The Morgan fingerprint density at radius 2 is 1.95 bits per heavy atom. The quantitative estimate of drug-likeness (QED) is 0.721. The molecule has 0 amide bonds. The fourth-order valence-electron chi connectivity index (χ4n) is 2.31. The molecule has 0 N–H and O–H groups in total. The van der Waals surface area contributed by atoms with Crippen molar-refractivity contribution in [2.24, 2.45) is 5.92 Å². The van der Waals surface area contributed by atoms with Crippen molar-refractivity contribution >= 4 is 5.97 Å². The largest absolute Gasteiger partial charge is 0.463 e. The van der Waals surface area contributed by atoms with Crippen molar-refractivity contribution < 1.29 is 36.9 Å². The Hall–Kier alpha value is -0.860. The summed E-state index contributed by atoms with van der Waals surface area (Å²) in [6.45, 7) is 3.68. The minimum Gasteiger partial charge on any atom is -0.463 e. The Balaban J connectivity index is 2.13. The van der Waals surface area contributed by atoms with E-state index in [0.717, 1.165) is 6.92 Å². The van der Waals surface area contributed by atoms with Crippen LogP contribution in [-0.2, 0) is 23.7 Å². The van der Waals surface area contributed by atoms with E-state index in [0.29, 0.717) is 0 Å². The van der Waals surface area contributed by atoms with Gasteiger partial charge in [-0.1, -0.05) is 0 Å². The second kappa shape index (κ2) is 4.60. The number of carbonyl (C=O) groups excluding carboxylic acids is 1.